The van der Waals surface area contributed by atoms with Crippen LogP contribution in [0.4, 0.5) is 0 Å². The summed E-state index contributed by atoms with van der Waals surface area (Å²) in [4.78, 5) is 11.3. The van der Waals surface area contributed by atoms with E-state index in [1.165, 1.54) is 0 Å². The molecule has 2 aromatic rings. The standard InChI is InChI=1S/C16H19N3O3/c1-4-22-13-7-5-12(6-8-13)9-14-15(16(20)21)17-18-19(14)10-11(2)3/h5-8H,2,4,9-10H2,1,3H3,(H,20,21). The van der Waals surface area contributed by atoms with Gasteiger partial charge in [0.05, 0.1) is 18.8 Å². The molecule has 0 bridgehead atoms. The van der Waals surface area contributed by atoms with E-state index in [1.807, 2.05) is 38.1 Å². The number of hydrogen-bond donors (Lipinski definition) is 1. The lowest BCUT2D eigenvalue weighted by Gasteiger charge is -2.08. The number of carboxylic acid groups (broad SMARTS) is 1. The highest BCUT2D eigenvalue weighted by Crippen LogP contribution is 2.17. The highest BCUT2D eigenvalue weighted by atomic mass is 16.5. The first-order valence-corrected chi connectivity index (χ1v) is 7.03. The third-order valence-corrected chi connectivity index (χ3v) is 3.07. The summed E-state index contributed by atoms with van der Waals surface area (Å²) in [5, 5.41) is 16.9. The van der Waals surface area contributed by atoms with Crippen LogP contribution in [0.3, 0.4) is 0 Å². The predicted molar refractivity (Wildman–Crippen MR) is 82.2 cm³/mol. The largest absolute Gasteiger partial charge is 0.494 e. The van der Waals surface area contributed by atoms with E-state index in [9.17, 15) is 9.90 Å². The molecule has 0 fully saturated rings. The van der Waals surface area contributed by atoms with Crippen LogP contribution < -0.4 is 4.74 Å². The lowest BCUT2D eigenvalue weighted by molar-refractivity contribution is 0.0689. The van der Waals surface area contributed by atoms with Crippen molar-refractivity contribution in [3.05, 3.63) is 53.4 Å². The number of ether oxygens (including phenoxy) is 1. The molecule has 0 saturated heterocycles. The molecule has 1 aromatic heterocycles. The van der Waals surface area contributed by atoms with Crippen LogP contribution in [0.25, 0.3) is 0 Å². The third-order valence-electron chi connectivity index (χ3n) is 3.07. The molecular weight excluding hydrogens is 282 g/mol. The second kappa shape index (κ2) is 6.89. The topological polar surface area (TPSA) is 77.2 Å². The summed E-state index contributed by atoms with van der Waals surface area (Å²) in [7, 11) is 0. The Labute approximate surface area is 129 Å². The van der Waals surface area contributed by atoms with Crippen molar-refractivity contribution in [2.75, 3.05) is 6.61 Å². The Morgan fingerprint density at radius 3 is 2.59 bits per heavy atom. The van der Waals surface area contributed by atoms with Crippen molar-refractivity contribution in [3.63, 3.8) is 0 Å². The summed E-state index contributed by atoms with van der Waals surface area (Å²) in [6, 6.07) is 7.56. The maximum atomic E-state index is 11.3. The fraction of sp³-hybridized carbons (Fsp3) is 0.312. The highest BCUT2D eigenvalue weighted by Gasteiger charge is 2.19. The summed E-state index contributed by atoms with van der Waals surface area (Å²) in [6.45, 7) is 8.68. The summed E-state index contributed by atoms with van der Waals surface area (Å²) >= 11 is 0. The van der Waals surface area contributed by atoms with Gasteiger partial charge in [0.1, 0.15) is 5.75 Å². The van der Waals surface area contributed by atoms with E-state index in [-0.39, 0.29) is 5.69 Å². The van der Waals surface area contributed by atoms with Crippen LogP contribution in [0.15, 0.2) is 36.4 Å². The Morgan fingerprint density at radius 2 is 2.05 bits per heavy atom. The van der Waals surface area contributed by atoms with Gasteiger partial charge in [-0.15, -0.1) is 5.10 Å². The molecule has 0 spiro atoms. The second-order valence-electron chi connectivity index (χ2n) is 5.06. The Morgan fingerprint density at radius 1 is 1.36 bits per heavy atom. The first-order valence-electron chi connectivity index (χ1n) is 7.03. The third kappa shape index (κ3) is 3.72. The highest BCUT2D eigenvalue weighted by molar-refractivity contribution is 5.86. The zero-order valence-corrected chi connectivity index (χ0v) is 12.7. The molecule has 1 heterocycles. The summed E-state index contributed by atoms with van der Waals surface area (Å²) in [6.07, 6.45) is 0.439. The van der Waals surface area contributed by atoms with Gasteiger partial charge in [0, 0.05) is 6.42 Å². The van der Waals surface area contributed by atoms with E-state index in [0.29, 0.717) is 25.3 Å². The molecule has 0 radical (unpaired) electrons. The van der Waals surface area contributed by atoms with E-state index < -0.39 is 5.97 Å². The monoisotopic (exact) mass is 301 g/mol. The van der Waals surface area contributed by atoms with Crippen LogP contribution in [0.1, 0.15) is 35.6 Å². The summed E-state index contributed by atoms with van der Waals surface area (Å²) in [5.74, 6) is -0.285. The maximum Gasteiger partial charge on any atom is 0.358 e. The smallest absolute Gasteiger partial charge is 0.358 e. The quantitative estimate of drug-likeness (QED) is 0.795. The van der Waals surface area contributed by atoms with Crippen molar-refractivity contribution < 1.29 is 14.6 Å². The Bertz CT molecular complexity index is 674. The normalized spacial score (nSPS) is 10.5. The summed E-state index contributed by atoms with van der Waals surface area (Å²) < 4.78 is 6.98. The van der Waals surface area contributed by atoms with E-state index in [1.54, 1.807) is 4.68 Å². The number of aromatic carboxylic acids is 1. The molecule has 0 saturated carbocycles. The molecule has 0 amide bonds. The molecule has 116 valence electrons. The zero-order chi connectivity index (χ0) is 16.1. The molecule has 1 aromatic carbocycles. The van der Waals surface area contributed by atoms with Gasteiger partial charge < -0.3 is 9.84 Å². The lowest BCUT2D eigenvalue weighted by atomic mass is 10.1. The van der Waals surface area contributed by atoms with E-state index in [0.717, 1.165) is 16.9 Å². The van der Waals surface area contributed by atoms with Gasteiger partial charge in [0.15, 0.2) is 5.69 Å². The van der Waals surface area contributed by atoms with Gasteiger partial charge in [-0.2, -0.15) is 0 Å². The Hall–Kier alpha value is -2.63. The number of aromatic nitrogens is 3. The zero-order valence-electron chi connectivity index (χ0n) is 12.7. The maximum absolute atomic E-state index is 11.3. The second-order valence-corrected chi connectivity index (χ2v) is 5.06. The van der Waals surface area contributed by atoms with Gasteiger partial charge in [-0.25, -0.2) is 9.48 Å². The van der Waals surface area contributed by atoms with Crippen molar-refractivity contribution in [2.45, 2.75) is 26.8 Å². The van der Waals surface area contributed by atoms with Gasteiger partial charge in [0.25, 0.3) is 0 Å². The molecule has 0 unspecified atom stereocenters. The van der Waals surface area contributed by atoms with E-state index in [4.69, 9.17) is 4.74 Å². The summed E-state index contributed by atoms with van der Waals surface area (Å²) in [5.41, 5.74) is 2.40. The van der Waals surface area contributed by atoms with Crippen molar-refractivity contribution in [2.24, 2.45) is 0 Å². The van der Waals surface area contributed by atoms with Crippen LogP contribution in [0.5, 0.6) is 5.75 Å². The number of rotatable bonds is 7. The van der Waals surface area contributed by atoms with E-state index in [2.05, 4.69) is 16.9 Å². The molecule has 6 nitrogen and oxygen atoms in total. The van der Waals surface area contributed by atoms with Crippen LogP contribution in [-0.4, -0.2) is 32.7 Å². The lowest BCUT2D eigenvalue weighted by Crippen LogP contribution is -2.09. The van der Waals surface area contributed by atoms with Gasteiger partial charge in [-0.05, 0) is 31.5 Å². The number of allylic oxidation sites excluding steroid dienone is 1. The minimum absolute atomic E-state index is 0.0184. The fourth-order valence-electron chi connectivity index (χ4n) is 2.12. The van der Waals surface area contributed by atoms with Crippen molar-refractivity contribution in [1.82, 2.24) is 15.0 Å². The van der Waals surface area contributed by atoms with Crippen LogP contribution in [0.2, 0.25) is 0 Å². The molecule has 22 heavy (non-hydrogen) atoms. The number of benzene rings is 1. The first kappa shape index (κ1) is 15.8. The minimum atomic E-state index is -1.08. The Balaban J connectivity index is 2.28. The average Bonchev–Trinajstić information content (AvgIpc) is 2.83. The fourth-order valence-corrected chi connectivity index (χ4v) is 2.12. The number of nitrogens with zero attached hydrogens (tertiary/aromatic N) is 3. The van der Waals surface area contributed by atoms with Crippen LogP contribution in [-0.2, 0) is 13.0 Å². The SMILES string of the molecule is C=C(C)Cn1nnc(C(=O)O)c1Cc1ccc(OCC)cc1. The molecule has 6 heteroatoms. The van der Waals surface area contributed by atoms with Gasteiger partial charge in [-0.1, -0.05) is 29.5 Å². The molecule has 0 aliphatic carbocycles. The minimum Gasteiger partial charge on any atom is -0.494 e. The predicted octanol–water partition coefficient (Wildman–Crippen LogP) is 2.54. The first-order chi connectivity index (χ1) is 10.5. The molecule has 0 aliphatic rings. The Kier molecular flexibility index (Phi) is 4.93. The molecule has 0 atom stereocenters. The average molecular weight is 301 g/mol. The van der Waals surface area contributed by atoms with Gasteiger partial charge in [-0.3, -0.25) is 0 Å². The number of carboxylic acids is 1. The molecule has 2 rings (SSSR count). The molecule has 0 aliphatic heterocycles. The van der Waals surface area contributed by atoms with Crippen molar-refractivity contribution >= 4 is 5.97 Å². The molecular formula is C16H19N3O3. The number of hydrogen-bond acceptors (Lipinski definition) is 4. The van der Waals surface area contributed by atoms with Crippen molar-refractivity contribution in [1.29, 1.82) is 0 Å². The van der Waals surface area contributed by atoms with Gasteiger partial charge in [0.2, 0.25) is 0 Å². The number of carbonyl (C=O) groups is 1. The molecule has 1 N–H and O–H groups in total. The van der Waals surface area contributed by atoms with Crippen molar-refractivity contribution in [3.8, 4) is 5.75 Å². The van der Waals surface area contributed by atoms with Crippen LogP contribution in [0, 0.1) is 0 Å². The van der Waals surface area contributed by atoms with Crippen LogP contribution >= 0.6 is 0 Å². The van der Waals surface area contributed by atoms with E-state index >= 15 is 0 Å². The van der Waals surface area contributed by atoms with Gasteiger partial charge >= 0.3 is 5.97 Å².